The number of likely N-dealkylation sites (tertiary alicyclic amines) is 1. The van der Waals surface area contributed by atoms with E-state index in [1.54, 1.807) is 12.1 Å². The average molecular weight is 346 g/mol. The zero-order chi connectivity index (χ0) is 17.1. The summed E-state index contributed by atoms with van der Waals surface area (Å²) in [6.45, 7) is 7.75. The molecule has 4 nitrogen and oxygen atoms in total. The average Bonchev–Trinajstić information content (AvgIpc) is 2.94. The van der Waals surface area contributed by atoms with Gasteiger partial charge in [0.2, 0.25) is 0 Å². The molecule has 0 spiro atoms. The van der Waals surface area contributed by atoms with Gasteiger partial charge in [0.1, 0.15) is 0 Å². The van der Waals surface area contributed by atoms with Gasteiger partial charge >= 0.3 is 0 Å². The number of carbonyl (C=O) groups excluding carboxylic acids is 1. The Labute approximate surface area is 148 Å². The Morgan fingerprint density at radius 2 is 2.25 bits per heavy atom. The van der Waals surface area contributed by atoms with E-state index in [9.17, 15) is 4.79 Å². The summed E-state index contributed by atoms with van der Waals surface area (Å²) in [5.41, 5.74) is 3.07. The van der Waals surface area contributed by atoms with Crippen LogP contribution in [-0.4, -0.2) is 33.6 Å². The molecule has 24 heavy (non-hydrogen) atoms. The molecule has 128 valence electrons. The van der Waals surface area contributed by atoms with Crippen LogP contribution >= 0.6 is 11.6 Å². The Bertz CT molecular complexity index is 725. The fraction of sp³-hybridized carbons (Fsp3) is 0.474. The van der Waals surface area contributed by atoms with Crippen LogP contribution in [0.25, 0.3) is 0 Å². The molecule has 1 aromatic carbocycles. The lowest BCUT2D eigenvalue weighted by Gasteiger charge is -2.31. The number of halogens is 1. The summed E-state index contributed by atoms with van der Waals surface area (Å²) in [5.74, 6) is 0.266. The molecule has 1 unspecified atom stereocenters. The van der Waals surface area contributed by atoms with Crippen molar-refractivity contribution >= 4 is 17.4 Å². The van der Waals surface area contributed by atoms with Crippen LogP contribution in [0.1, 0.15) is 41.4 Å². The van der Waals surface area contributed by atoms with Gasteiger partial charge in [-0.25, -0.2) is 0 Å². The minimum Gasteiger partial charge on any atom is -0.298 e. The number of Topliss-reactive ketones (excluding diaryl/α,β-unsaturated/α-hetero) is 1. The summed E-state index contributed by atoms with van der Waals surface area (Å²) in [6.07, 6.45) is 4.13. The summed E-state index contributed by atoms with van der Waals surface area (Å²) in [6, 6.07) is 7.29. The molecule has 1 aromatic heterocycles. The van der Waals surface area contributed by atoms with E-state index < -0.39 is 0 Å². The van der Waals surface area contributed by atoms with Crippen LogP contribution in [0.5, 0.6) is 0 Å². The maximum absolute atomic E-state index is 12.8. The monoisotopic (exact) mass is 345 g/mol. The summed E-state index contributed by atoms with van der Waals surface area (Å²) < 4.78 is 1.98. The molecule has 0 saturated carbocycles. The van der Waals surface area contributed by atoms with Crippen LogP contribution in [0.2, 0.25) is 5.02 Å². The lowest BCUT2D eigenvalue weighted by molar-refractivity contribution is 0.0811. The second-order valence-electron chi connectivity index (χ2n) is 6.54. The zero-order valence-electron chi connectivity index (χ0n) is 14.3. The number of rotatable bonds is 5. The van der Waals surface area contributed by atoms with Gasteiger partial charge in [-0.1, -0.05) is 23.7 Å². The van der Waals surface area contributed by atoms with Crippen molar-refractivity contribution in [1.82, 2.24) is 14.7 Å². The smallest absolute Gasteiger partial charge is 0.167 e. The van der Waals surface area contributed by atoms with E-state index in [-0.39, 0.29) is 11.7 Å². The number of aromatic nitrogens is 2. The molecule has 0 radical (unpaired) electrons. The van der Waals surface area contributed by atoms with Crippen LogP contribution in [0.3, 0.4) is 0 Å². The van der Waals surface area contributed by atoms with Crippen molar-refractivity contribution in [2.75, 3.05) is 13.1 Å². The Kier molecular flexibility index (Phi) is 5.36. The third-order valence-electron chi connectivity index (χ3n) is 4.75. The van der Waals surface area contributed by atoms with Gasteiger partial charge in [0.15, 0.2) is 5.78 Å². The highest BCUT2D eigenvalue weighted by Crippen LogP contribution is 2.24. The van der Waals surface area contributed by atoms with Crippen molar-refractivity contribution in [2.45, 2.75) is 39.8 Å². The van der Waals surface area contributed by atoms with Gasteiger partial charge in [-0.05, 0) is 45.4 Å². The number of carbonyl (C=O) groups is 1. The summed E-state index contributed by atoms with van der Waals surface area (Å²) in [4.78, 5) is 15.1. The molecule has 0 N–H and O–H groups in total. The molecule has 1 saturated heterocycles. The molecule has 0 amide bonds. The van der Waals surface area contributed by atoms with Gasteiger partial charge in [-0.15, -0.1) is 0 Å². The van der Waals surface area contributed by atoms with Crippen molar-refractivity contribution in [3.63, 3.8) is 0 Å². The van der Waals surface area contributed by atoms with Gasteiger partial charge in [0.05, 0.1) is 5.69 Å². The summed E-state index contributed by atoms with van der Waals surface area (Å²) >= 11 is 6.03. The Morgan fingerprint density at radius 3 is 2.96 bits per heavy atom. The first-order chi connectivity index (χ1) is 11.6. The molecule has 0 bridgehead atoms. The first kappa shape index (κ1) is 17.2. The van der Waals surface area contributed by atoms with E-state index >= 15 is 0 Å². The molecule has 1 aliphatic rings. The van der Waals surface area contributed by atoms with E-state index in [0.29, 0.717) is 5.02 Å². The van der Waals surface area contributed by atoms with Gasteiger partial charge in [-0.3, -0.25) is 14.4 Å². The summed E-state index contributed by atoms with van der Waals surface area (Å²) in [7, 11) is 0. The molecule has 1 aliphatic heterocycles. The highest BCUT2D eigenvalue weighted by Gasteiger charge is 2.27. The maximum Gasteiger partial charge on any atom is 0.167 e. The number of aryl methyl sites for hydroxylation is 2. The number of hydrogen-bond acceptors (Lipinski definition) is 3. The van der Waals surface area contributed by atoms with Crippen LogP contribution in [0.15, 0.2) is 30.5 Å². The second-order valence-corrected chi connectivity index (χ2v) is 6.98. The minimum absolute atomic E-state index is 0.0544. The van der Waals surface area contributed by atoms with Crippen LogP contribution in [0, 0.1) is 12.8 Å². The molecule has 1 atom stereocenters. The van der Waals surface area contributed by atoms with Crippen molar-refractivity contribution in [3.8, 4) is 0 Å². The van der Waals surface area contributed by atoms with Gasteiger partial charge in [-0.2, -0.15) is 5.10 Å². The second kappa shape index (κ2) is 7.49. The van der Waals surface area contributed by atoms with Crippen molar-refractivity contribution in [3.05, 3.63) is 52.3 Å². The quantitative estimate of drug-likeness (QED) is 0.770. The van der Waals surface area contributed by atoms with E-state index in [2.05, 4.69) is 30.0 Å². The van der Waals surface area contributed by atoms with Crippen LogP contribution in [0.4, 0.5) is 0 Å². The number of benzene rings is 1. The standard InChI is InChI=1S/C19H24ClN3O/c1-3-23-13-17(14(2)21-23)12-22-9-5-7-16(11-22)19(24)15-6-4-8-18(20)10-15/h4,6,8,10,13,16H,3,5,7,9,11-12H2,1-2H3. The molecule has 5 heteroatoms. The normalized spacial score (nSPS) is 18.7. The molecular weight excluding hydrogens is 322 g/mol. The number of piperidine rings is 1. The number of ketones is 1. The predicted molar refractivity (Wildman–Crippen MR) is 96.4 cm³/mol. The van der Waals surface area contributed by atoms with Gasteiger partial charge in [0, 0.05) is 47.9 Å². The Hall–Kier alpha value is -1.65. The fourth-order valence-corrected chi connectivity index (χ4v) is 3.60. The van der Waals surface area contributed by atoms with E-state index in [1.807, 2.05) is 16.8 Å². The largest absolute Gasteiger partial charge is 0.298 e. The lowest BCUT2D eigenvalue weighted by Crippen LogP contribution is -2.38. The molecule has 1 fully saturated rings. The maximum atomic E-state index is 12.8. The van der Waals surface area contributed by atoms with E-state index in [0.717, 1.165) is 50.3 Å². The molecule has 0 aliphatic carbocycles. The number of nitrogens with zero attached hydrogens (tertiary/aromatic N) is 3. The van der Waals surface area contributed by atoms with Crippen LogP contribution in [-0.2, 0) is 13.1 Å². The topological polar surface area (TPSA) is 38.1 Å². The van der Waals surface area contributed by atoms with Crippen molar-refractivity contribution < 1.29 is 4.79 Å². The first-order valence-corrected chi connectivity index (χ1v) is 8.99. The lowest BCUT2D eigenvalue weighted by atomic mass is 9.90. The number of hydrogen-bond donors (Lipinski definition) is 0. The van der Waals surface area contributed by atoms with Gasteiger partial charge < -0.3 is 0 Å². The zero-order valence-corrected chi connectivity index (χ0v) is 15.1. The van der Waals surface area contributed by atoms with Gasteiger partial charge in [0.25, 0.3) is 0 Å². The molecule has 3 rings (SSSR count). The Balaban J connectivity index is 1.67. The van der Waals surface area contributed by atoms with E-state index in [4.69, 9.17) is 11.6 Å². The highest BCUT2D eigenvalue weighted by atomic mass is 35.5. The molecule has 2 heterocycles. The Morgan fingerprint density at radius 1 is 1.42 bits per heavy atom. The van der Waals surface area contributed by atoms with E-state index in [1.165, 1.54) is 5.56 Å². The third-order valence-corrected chi connectivity index (χ3v) is 4.99. The van der Waals surface area contributed by atoms with Crippen molar-refractivity contribution in [1.29, 1.82) is 0 Å². The third kappa shape index (κ3) is 3.87. The molecule has 2 aromatic rings. The first-order valence-electron chi connectivity index (χ1n) is 8.62. The molecular formula is C19H24ClN3O. The van der Waals surface area contributed by atoms with Crippen molar-refractivity contribution in [2.24, 2.45) is 5.92 Å². The fourth-order valence-electron chi connectivity index (χ4n) is 3.41. The minimum atomic E-state index is 0.0544. The SMILES string of the molecule is CCn1cc(CN2CCCC(C(=O)c3cccc(Cl)c3)C2)c(C)n1. The van der Waals surface area contributed by atoms with Crippen LogP contribution < -0.4 is 0 Å². The highest BCUT2D eigenvalue weighted by molar-refractivity contribution is 6.31. The summed E-state index contributed by atoms with van der Waals surface area (Å²) in [5, 5.41) is 5.14. The predicted octanol–water partition coefficient (Wildman–Crippen LogP) is 3.96.